The molecule has 1 aromatic heterocycles. The van der Waals surface area contributed by atoms with Gasteiger partial charge >= 0.3 is 0 Å². The minimum Gasteiger partial charge on any atom is -0.481 e. The van der Waals surface area contributed by atoms with Crippen LogP contribution in [0.4, 0.5) is 0 Å². The van der Waals surface area contributed by atoms with E-state index in [1.54, 1.807) is 17.0 Å². The van der Waals surface area contributed by atoms with E-state index >= 15 is 0 Å². The number of carbonyl (C=O) groups excluding carboxylic acids is 2. The van der Waals surface area contributed by atoms with Gasteiger partial charge in [0.15, 0.2) is 0 Å². The molecule has 2 fully saturated rings. The number of carbonyl (C=O) groups is 2. The molecule has 1 spiro atoms. The molecule has 2 saturated heterocycles. The van der Waals surface area contributed by atoms with E-state index in [0.717, 1.165) is 6.42 Å². The zero-order valence-corrected chi connectivity index (χ0v) is 13.1. The molecular weight excluding hydrogens is 298 g/mol. The van der Waals surface area contributed by atoms with E-state index in [4.69, 9.17) is 4.74 Å². The number of nitrogens with one attached hydrogen (secondary N) is 1. The van der Waals surface area contributed by atoms with E-state index < -0.39 is 11.5 Å². The highest BCUT2D eigenvalue weighted by atomic mass is 16.5. The molecule has 0 aliphatic carbocycles. The molecule has 124 valence electrons. The predicted octanol–water partition coefficient (Wildman–Crippen LogP) is 0.193. The van der Waals surface area contributed by atoms with Crippen LogP contribution in [0.25, 0.3) is 0 Å². The molecule has 3 rings (SSSR count). The Bertz CT molecular complexity index is 604. The lowest BCUT2D eigenvalue weighted by molar-refractivity contribution is -0.147. The Balaban J connectivity index is 1.80. The zero-order valence-electron chi connectivity index (χ0n) is 13.1. The molecule has 2 N–H and O–H groups in total. The van der Waals surface area contributed by atoms with Gasteiger partial charge in [0.25, 0.3) is 5.91 Å². The molecule has 2 aliphatic heterocycles. The first-order valence-corrected chi connectivity index (χ1v) is 7.82. The molecule has 1 aromatic rings. The SMILES string of the molecule is COc1ccc(C(=O)N2CC[C@@H](O)[C@@]3(CCCNC3=O)C2)cn1. The Morgan fingerprint density at radius 2 is 2.35 bits per heavy atom. The fourth-order valence-electron chi connectivity index (χ4n) is 3.43. The number of amides is 2. The lowest BCUT2D eigenvalue weighted by Gasteiger charge is -2.46. The number of nitrogens with zero attached hydrogens (tertiary/aromatic N) is 2. The molecular formula is C16H21N3O4. The van der Waals surface area contributed by atoms with Gasteiger partial charge in [-0.25, -0.2) is 4.98 Å². The third kappa shape index (κ3) is 2.76. The van der Waals surface area contributed by atoms with Crippen molar-refractivity contribution in [1.82, 2.24) is 15.2 Å². The van der Waals surface area contributed by atoms with Crippen LogP contribution in [0.1, 0.15) is 29.6 Å². The lowest BCUT2D eigenvalue weighted by Crippen LogP contribution is -2.62. The van der Waals surface area contributed by atoms with Crippen LogP contribution in [0.3, 0.4) is 0 Å². The zero-order chi connectivity index (χ0) is 16.4. The molecule has 2 aliphatic rings. The number of aliphatic hydroxyl groups is 1. The van der Waals surface area contributed by atoms with Crippen molar-refractivity contribution >= 4 is 11.8 Å². The van der Waals surface area contributed by atoms with Crippen molar-refractivity contribution in [2.45, 2.75) is 25.4 Å². The van der Waals surface area contributed by atoms with Crippen LogP contribution in [-0.2, 0) is 4.79 Å². The molecule has 0 bridgehead atoms. The predicted molar refractivity (Wildman–Crippen MR) is 82.0 cm³/mol. The van der Waals surface area contributed by atoms with Crippen LogP contribution in [0.15, 0.2) is 18.3 Å². The fraction of sp³-hybridized carbons (Fsp3) is 0.562. The third-order valence-electron chi connectivity index (χ3n) is 4.80. The second-order valence-electron chi connectivity index (χ2n) is 6.14. The Morgan fingerprint density at radius 1 is 1.52 bits per heavy atom. The molecule has 2 atom stereocenters. The number of ether oxygens (including phenoxy) is 1. The number of aromatic nitrogens is 1. The number of pyridine rings is 1. The summed E-state index contributed by atoms with van der Waals surface area (Å²) in [4.78, 5) is 30.7. The number of rotatable bonds is 2. The highest BCUT2D eigenvalue weighted by molar-refractivity contribution is 5.95. The second kappa shape index (κ2) is 6.16. The van der Waals surface area contributed by atoms with Crippen molar-refractivity contribution in [3.05, 3.63) is 23.9 Å². The van der Waals surface area contributed by atoms with Crippen LogP contribution in [0.5, 0.6) is 5.88 Å². The Morgan fingerprint density at radius 3 is 3.00 bits per heavy atom. The normalized spacial score (nSPS) is 27.7. The van der Waals surface area contributed by atoms with Gasteiger partial charge in [0, 0.05) is 31.9 Å². The average Bonchev–Trinajstić information content (AvgIpc) is 2.59. The summed E-state index contributed by atoms with van der Waals surface area (Å²) in [6, 6.07) is 3.29. The highest BCUT2D eigenvalue weighted by Gasteiger charge is 2.50. The van der Waals surface area contributed by atoms with Crippen LogP contribution in [0, 0.1) is 5.41 Å². The van der Waals surface area contributed by atoms with Gasteiger partial charge < -0.3 is 20.1 Å². The minimum atomic E-state index is -0.883. The van der Waals surface area contributed by atoms with Gasteiger partial charge in [-0.05, 0) is 25.3 Å². The van der Waals surface area contributed by atoms with Crippen LogP contribution in [-0.4, -0.2) is 59.7 Å². The van der Waals surface area contributed by atoms with Crippen LogP contribution in [0.2, 0.25) is 0 Å². The van der Waals surface area contributed by atoms with Gasteiger partial charge in [-0.1, -0.05) is 0 Å². The van der Waals surface area contributed by atoms with E-state index in [0.29, 0.717) is 37.4 Å². The summed E-state index contributed by atoms with van der Waals surface area (Å²) in [5.74, 6) is 0.116. The largest absolute Gasteiger partial charge is 0.481 e. The van der Waals surface area contributed by atoms with E-state index in [1.807, 2.05) is 0 Å². The molecule has 3 heterocycles. The maximum atomic E-state index is 12.7. The molecule has 7 nitrogen and oxygen atoms in total. The number of aliphatic hydroxyl groups excluding tert-OH is 1. The quantitative estimate of drug-likeness (QED) is 0.812. The smallest absolute Gasteiger partial charge is 0.255 e. The van der Waals surface area contributed by atoms with Crippen LogP contribution >= 0.6 is 0 Å². The number of likely N-dealkylation sites (tertiary alicyclic amines) is 1. The van der Waals surface area contributed by atoms with Crippen molar-refractivity contribution in [3.63, 3.8) is 0 Å². The van der Waals surface area contributed by atoms with E-state index in [2.05, 4.69) is 10.3 Å². The first-order chi connectivity index (χ1) is 11.1. The average molecular weight is 319 g/mol. The van der Waals surface area contributed by atoms with E-state index in [1.165, 1.54) is 13.3 Å². The third-order valence-corrected chi connectivity index (χ3v) is 4.80. The van der Waals surface area contributed by atoms with Gasteiger partial charge in [-0.3, -0.25) is 9.59 Å². The van der Waals surface area contributed by atoms with Crippen LogP contribution < -0.4 is 10.1 Å². The molecule has 0 saturated carbocycles. The fourth-order valence-corrected chi connectivity index (χ4v) is 3.43. The van der Waals surface area contributed by atoms with Gasteiger partial charge in [-0.15, -0.1) is 0 Å². The summed E-state index contributed by atoms with van der Waals surface area (Å²) >= 11 is 0. The first-order valence-electron chi connectivity index (χ1n) is 7.82. The summed E-state index contributed by atoms with van der Waals surface area (Å²) in [6.07, 6.45) is 2.59. The first kappa shape index (κ1) is 15.7. The molecule has 23 heavy (non-hydrogen) atoms. The molecule has 7 heteroatoms. The molecule has 2 amide bonds. The number of hydrogen-bond acceptors (Lipinski definition) is 5. The summed E-state index contributed by atoms with van der Waals surface area (Å²) < 4.78 is 4.99. The van der Waals surface area contributed by atoms with E-state index in [-0.39, 0.29) is 18.4 Å². The van der Waals surface area contributed by atoms with Crippen molar-refractivity contribution in [2.75, 3.05) is 26.7 Å². The highest BCUT2D eigenvalue weighted by Crippen LogP contribution is 2.37. The summed E-state index contributed by atoms with van der Waals surface area (Å²) in [5, 5.41) is 13.2. The standard InChI is InChI=1S/C16H21N3O4/c1-23-13-4-3-11(9-18-13)14(21)19-8-5-12(20)16(10-19)6-2-7-17-15(16)22/h3-4,9,12,20H,2,5-8,10H2,1H3,(H,17,22)/t12-,16-/m1/s1. The topological polar surface area (TPSA) is 91.8 Å². The number of piperidine rings is 2. The summed E-state index contributed by atoms with van der Waals surface area (Å²) in [6.45, 7) is 1.30. The summed E-state index contributed by atoms with van der Waals surface area (Å²) in [7, 11) is 1.52. The van der Waals surface area contributed by atoms with Gasteiger partial charge in [0.2, 0.25) is 11.8 Å². The summed E-state index contributed by atoms with van der Waals surface area (Å²) in [5.41, 5.74) is -0.431. The Labute approximate surface area is 134 Å². The minimum absolute atomic E-state index is 0.151. The maximum Gasteiger partial charge on any atom is 0.255 e. The van der Waals surface area contributed by atoms with Gasteiger partial charge in [0.1, 0.15) is 0 Å². The lowest BCUT2D eigenvalue weighted by atomic mass is 9.71. The Hall–Kier alpha value is -2.15. The second-order valence-corrected chi connectivity index (χ2v) is 6.14. The Kier molecular flexibility index (Phi) is 4.21. The maximum absolute atomic E-state index is 12.7. The van der Waals surface area contributed by atoms with Gasteiger partial charge in [-0.2, -0.15) is 0 Å². The van der Waals surface area contributed by atoms with Crippen molar-refractivity contribution in [1.29, 1.82) is 0 Å². The number of hydrogen-bond donors (Lipinski definition) is 2. The molecule has 0 radical (unpaired) electrons. The van der Waals surface area contributed by atoms with Gasteiger partial charge in [0.05, 0.1) is 24.2 Å². The van der Waals surface area contributed by atoms with Crippen molar-refractivity contribution < 1.29 is 19.4 Å². The van der Waals surface area contributed by atoms with E-state index in [9.17, 15) is 14.7 Å². The number of methoxy groups -OCH3 is 1. The molecule has 0 unspecified atom stereocenters. The van der Waals surface area contributed by atoms with Crippen molar-refractivity contribution in [2.24, 2.45) is 5.41 Å². The molecule has 0 aromatic carbocycles. The van der Waals surface area contributed by atoms with Crippen molar-refractivity contribution in [3.8, 4) is 5.88 Å². The monoisotopic (exact) mass is 319 g/mol.